The van der Waals surface area contributed by atoms with Crippen LogP contribution in [0.4, 0.5) is 0 Å². The molecule has 1 unspecified atom stereocenters. The molecule has 1 aliphatic heterocycles. The highest BCUT2D eigenvalue weighted by Gasteiger charge is 2.36. The molecule has 2 rings (SSSR count). The lowest BCUT2D eigenvalue weighted by Gasteiger charge is -2.40. The average molecular weight is 355 g/mol. The molecule has 1 heterocycles. The topological polar surface area (TPSA) is 58.1 Å². The Labute approximate surface area is 153 Å². The van der Waals surface area contributed by atoms with E-state index in [1.165, 1.54) is 19.3 Å². The molecule has 1 saturated heterocycles. The Balaban J connectivity index is 1.76. The lowest BCUT2D eigenvalue weighted by molar-refractivity contribution is 0.0320. The molecule has 0 aromatic rings. The first kappa shape index (κ1) is 20.5. The molecule has 25 heavy (non-hydrogen) atoms. The molecular formula is C19H38N4O2. The third kappa shape index (κ3) is 7.12. The Morgan fingerprint density at radius 1 is 1.28 bits per heavy atom. The van der Waals surface area contributed by atoms with Crippen molar-refractivity contribution < 1.29 is 9.47 Å². The highest BCUT2D eigenvalue weighted by molar-refractivity contribution is 5.79. The predicted molar refractivity (Wildman–Crippen MR) is 103 cm³/mol. The van der Waals surface area contributed by atoms with Gasteiger partial charge in [-0.25, -0.2) is 0 Å². The third-order valence-corrected chi connectivity index (χ3v) is 5.46. The summed E-state index contributed by atoms with van der Waals surface area (Å²) < 4.78 is 10.7. The van der Waals surface area contributed by atoms with Crippen LogP contribution in [0, 0.1) is 11.3 Å². The second-order valence-electron chi connectivity index (χ2n) is 7.69. The van der Waals surface area contributed by atoms with E-state index in [-0.39, 0.29) is 0 Å². The largest absolute Gasteiger partial charge is 0.385 e. The van der Waals surface area contributed by atoms with Gasteiger partial charge in [-0.2, -0.15) is 0 Å². The lowest BCUT2D eigenvalue weighted by atomic mass is 9.67. The minimum atomic E-state index is 0.373. The van der Waals surface area contributed by atoms with Gasteiger partial charge in [0.15, 0.2) is 5.96 Å². The summed E-state index contributed by atoms with van der Waals surface area (Å²) in [6, 6.07) is 0. The van der Waals surface area contributed by atoms with Gasteiger partial charge in [0.25, 0.3) is 0 Å². The van der Waals surface area contributed by atoms with Gasteiger partial charge < -0.3 is 20.1 Å². The number of morpholine rings is 1. The number of nitrogens with one attached hydrogen (secondary N) is 2. The van der Waals surface area contributed by atoms with Crippen molar-refractivity contribution >= 4 is 5.96 Å². The molecule has 1 aliphatic carbocycles. The average Bonchev–Trinajstić information content (AvgIpc) is 2.59. The van der Waals surface area contributed by atoms with Crippen molar-refractivity contribution in [2.24, 2.45) is 16.3 Å². The summed E-state index contributed by atoms with van der Waals surface area (Å²) in [6.07, 6.45) is 5.03. The quantitative estimate of drug-likeness (QED) is 0.462. The van der Waals surface area contributed by atoms with Crippen LogP contribution in [0.3, 0.4) is 0 Å². The zero-order valence-electron chi connectivity index (χ0n) is 16.5. The standard InChI is InChI=1S/C19H38N4O2/c1-4-20-18(22-16-19(6-5-7-19)8-11-24-3)21-14-17(2)15-23-9-12-25-13-10-23/h17H,4-16H2,1-3H3,(H2,20,21,22). The highest BCUT2D eigenvalue weighted by Crippen LogP contribution is 2.44. The fourth-order valence-corrected chi connectivity index (χ4v) is 3.63. The number of guanidine groups is 1. The monoisotopic (exact) mass is 354 g/mol. The summed E-state index contributed by atoms with van der Waals surface area (Å²) in [6.45, 7) is 13.0. The van der Waals surface area contributed by atoms with Crippen LogP contribution in [0.5, 0.6) is 0 Å². The van der Waals surface area contributed by atoms with Gasteiger partial charge in [-0.1, -0.05) is 13.3 Å². The van der Waals surface area contributed by atoms with Gasteiger partial charge in [0, 0.05) is 53.0 Å². The summed E-state index contributed by atoms with van der Waals surface area (Å²) >= 11 is 0. The van der Waals surface area contributed by atoms with E-state index in [4.69, 9.17) is 14.5 Å². The van der Waals surface area contributed by atoms with E-state index in [0.717, 1.165) is 71.5 Å². The fraction of sp³-hybridized carbons (Fsp3) is 0.947. The Morgan fingerprint density at radius 2 is 2.04 bits per heavy atom. The first-order chi connectivity index (χ1) is 12.2. The van der Waals surface area contributed by atoms with Gasteiger partial charge in [0.1, 0.15) is 0 Å². The van der Waals surface area contributed by atoms with Crippen molar-refractivity contribution in [2.75, 3.05) is 66.2 Å². The first-order valence-electron chi connectivity index (χ1n) is 9.99. The molecule has 1 saturated carbocycles. The smallest absolute Gasteiger partial charge is 0.191 e. The molecule has 2 N–H and O–H groups in total. The van der Waals surface area contributed by atoms with Gasteiger partial charge in [-0.15, -0.1) is 0 Å². The van der Waals surface area contributed by atoms with Crippen LogP contribution in [-0.2, 0) is 9.47 Å². The number of aliphatic imine (C=N–C) groups is 1. The molecule has 2 aliphatic rings. The molecule has 0 radical (unpaired) electrons. The SMILES string of the molecule is CCNC(=NCC1(CCOC)CCC1)NCC(C)CN1CCOCC1. The maximum absolute atomic E-state index is 5.42. The Kier molecular flexibility index (Phi) is 8.99. The number of hydrogen-bond donors (Lipinski definition) is 2. The molecule has 6 heteroatoms. The normalized spacial score (nSPS) is 22.3. The van der Waals surface area contributed by atoms with Gasteiger partial charge in [0.05, 0.1) is 13.2 Å². The molecule has 0 spiro atoms. The lowest BCUT2D eigenvalue weighted by Crippen LogP contribution is -2.44. The number of hydrogen-bond acceptors (Lipinski definition) is 4. The zero-order valence-corrected chi connectivity index (χ0v) is 16.5. The maximum atomic E-state index is 5.42. The highest BCUT2D eigenvalue weighted by atomic mass is 16.5. The summed E-state index contributed by atoms with van der Waals surface area (Å²) in [7, 11) is 1.79. The Hall–Kier alpha value is -0.850. The van der Waals surface area contributed by atoms with E-state index in [9.17, 15) is 0 Å². The Morgan fingerprint density at radius 3 is 2.64 bits per heavy atom. The van der Waals surface area contributed by atoms with Gasteiger partial charge in [-0.05, 0) is 37.5 Å². The van der Waals surface area contributed by atoms with E-state index in [1.54, 1.807) is 7.11 Å². The number of methoxy groups -OCH3 is 1. The zero-order chi connectivity index (χ0) is 18.0. The van der Waals surface area contributed by atoms with Crippen LogP contribution in [0.15, 0.2) is 4.99 Å². The summed E-state index contributed by atoms with van der Waals surface area (Å²) in [5.74, 6) is 1.55. The van der Waals surface area contributed by atoms with Crippen molar-refractivity contribution in [3.8, 4) is 0 Å². The van der Waals surface area contributed by atoms with Crippen molar-refractivity contribution in [3.05, 3.63) is 0 Å². The van der Waals surface area contributed by atoms with Crippen LogP contribution in [0.25, 0.3) is 0 Å². The number of rotatable bonds is 10. The molecule has 0 aromatic carbocycles. The number of nitrogens with zero attached hydrogens (tertiary/aromatic N) is 2. The van der Waals surface area contributed by atoms with E-state index in [0.29, 0.717) is 11.3 Å². The van der Waals surface area contributed by atoms with Gasteiger partial charge >= 0.3 is 0 Å². The van der Waals surface area contributed by atoms with Crippen LogP contribution in [-0.4, -0.2) is 77.1 Å². The molecule has 2 fully saturated rings. The van der Waals surface area contributed by atoms with E-state index >= 15 is 0 Å². The molecule has 0 bridgehead atoms. The van der Waals surface area contributed by atoms with Crippen molar-refractivity contribution in [1.29, 1.82) is 0 Å². The molecule has 0 aromatic heterocycles. The second kappa shape index (κ2) is 11.0. The maximum Gasteiger partial charge on any atom is 0.191 e. The first-order valence-corrected chi connectivity index (χ1v) is 9.99. The number of ether oxygens (including phenoxy) is 2. The second-order valence-corrected chi connectivity index (χ2v) is 7.69. The molecule has 0 amide bonds. The molecular weight excluding hydrogens is 316 g/mol. The van der Waals surface area contributed by atoms with Gasteiger partial charge in [-0.3, -0.25) is 9.89 Å². The molecule has 6 nitrogen and oxygen atoms in total. The van der Waals surface area contributed by atoms with E-state index in [2.05, 4.69) is 29.4 Å². The van der Waals surface area contributed by atoms with Gasteiger partial charge in [0.2, 0.25) is 0 Å². The molecule has 146 valence electrons. The van der Waals surface area contributed by atoms with Crippen molar-refractivity contribution in [3.63, 3.8) is 0 Å². The summed E-state index contributed by atoms with van der Waals surface area (Å²) in [4.78, 5) is 7.38. The molecule has 1 atom stereocenters. The van der Waals surface area contributed by atoms with Crippen LogP contribution in [0.1, 0.15) is 39.5 Å². The third-order valence-electron chi connectivity index (χ3n) is 5.46. The minimum absolute atomic E-state index is 0.373. The van der Waals surface area contributed by atoms with Crippen molar-refractivity contribution in [2.45, 2.75) is 39.5 Å². The predicted octanol–water partition coefficient (Wildman–Crippen LogP) is 1.72. The Bertz CT molecular complexity index is 393. The fourth-order valence-electron chi connectivity index (χ4n) is 3.63. The minimum Gasteiger partial charge on any atom is -0.385 e. The van der Waals surface area contributed by atoms with Crippen LogP contribution >= 0.6 is 0 Å². The van der Waals surface area contributed by atoms with Crippen molar-refractivity contribution in [1.82, 2.24) is 15.5 Å². The van der Waals surface area contributed by atoms with Crippen LogP contribution in [0.2, 0.25) is 0 Å². The van der Waals surface area contributed by atoms with E-state index < -0.39 is 0 Å². The summed E-state index contributed by atoms with van der Waals surface area (Å²) in [5, 5.41) is 6.93. The van der Waals surface area contributed by atoms with E-state index in [1.807, 2.05) is 0 Å². The van der Waals surface area contributed by atoms with Crippen LogP contribution < -0.4 is 10.6 Å². The summed E-state index contributed by atoms with van der Waals surface area (Å²) in [5.41, 5.74) is 0.373.